The number of aliphatic carboxylic acids is 1. The van der Waals surface area contributed by atoms with Crippen LogP contribution in [0.2, 0.25) is 5.02 Å². The van der Waals surface area contributed by atoms with Crippen LogP contribution in [0.1, 0.15) is 24.1 Å². The van der Waals surface area contributed by atoms with Crippen molar-refractivity contribution in [2.75, 3.05) is 0 Å². The van der Waals surface area contributed by atoms with Crippen molar-refractivity contribution < 1.29 is 18.7 Å². The summed E-state index contributed by atoms with van der Waals surface area (Å²) in [6.45, 7) is 0.645. The molecule has 0 radical (unpaired) electrons. The second-order valence-corrected chi connectivity index (χ2v) is 3.82. The van der Waals surface area contributed by atoms with E-state index in [9.17, 15) is 13.6 Å². The Hall–Kier alpha value is -1.20. The van der Waals surface area contributed by atoms with Gasteiger partial charge in [0.25, 0.3) is 5.92 Å². The Morgan fingerprint density at radius 1 is 1.56 bits per heavy atom. The number of hydrogen-bond donors (Lipinski definition) is 2. The van der Waals surface area contributed by atoms with Crippen LogP contribution < -0.4 is 5.73 Å². The Kier molecular flexibility index (Phi) is 3.50. The topological polar surface area (TPSA) is 63.3 Å². The molecule has 0 bridgehead atoms. The first-order valence-corrected chi connectivity index (χ1v) is 4.78. The summed E-state index contributed by atoms with van der Waals surface area (Å²) >= 11 is 5.63. The van der Waals surface area contributed by atoms with E-state index in [1.54, 1.807) is 0 Å². The number of carboxylic acid groups (broad SMARTS) is 1. The molecule has 0 fully saturated rings. The molecule has 1 atom stereocenters. The Morgan fingerprint density at radius 3 is 2.56 bits per heavy atom. The molecule has 1 rings (SSSR count). The molecule has 0 aliphatic rings. The van der Waals surface area contributed by atoms with Gasteiger partial charge in [-0.25, -0.2) is 8.78 Å². The van der Waals surface area contributed by atoms with E-state index < -0.39 is 23.5 Å². The van der Waals surface area contributed by atoms with Gasteiger partial charge in [0.2, 0.25) is 0 Å². The molecule has 16 heavy (non-hydrogen) atoms. The van der Waals surface area contributed by atoms with E-state index in [1.807, 2.05) is 0 Å². The second-order valence-electron chi connectivity index (χ2n) is 3.41. The first kappa shape index (κ1) is 12.9. The Bertz CT molecular complexity index is 418. The van der Waals surface area contributed by atoms with Gasteiger partial charge in [0.1, 0.15) is 6.04 Å². The number of nitrogens with two attached hydrogens (primary N) is 1. The molecule has 0 spiro atoms. The average molecular weight is 250 g/mol. The van der Waals surface area contributed by atoms with Crippen LogP contribution in [-0.4, -0.2) is 11.1 Å². The van der Waals surface area contributed by atoms with Crippen LogP contribution in [0.5, 0.6) is 0 Å². The zero-order chi connectivity index (χ0) is 12.5. The number of hydrogen-bond acceptors (Lipinski definition) is 2. The molecule has 3 N–H and O–H groups in total. The van der Waals surface area contributed by atoms with Gasteiger partial charge in [0, 0.05) is 12.5 Å². The highest BCUT2D eigenvalue weighted by atomic mass is 35.5. The quantitative estimate of drug-likeness (QED) is 0.865. The Morgan fingerprint density at radius 2 is 2.12 bits per heavy atom. The minimum Gasteiger partial charge on any atom is -0.480 e. The summed E-state index contributed by atoms with van der Waals surface area (Å²) in [6, 6.07) is 2.37. The van der Waals surface area contributed by atoms with Gasteiger partial charge in [0.05, 0.1) is 5.02 Å². The van der Waals surface area contributed by atoms with Crippen LogP contribution in [0, 0.1) is 0 Å². The van der Waals surface area contributed by atoms with E-state index in [4.69, 9.17) is 22.4 Å². The van der Waals surface area contributed by atoms with E-state index >= 15 is 0 Å². The third kappa shape index (κ3) is 2.48. The van der Waals surface area contributed by atoms with E-state index in [1.165, 1.54) is 18.2 Å². The molecule has 1 aromatic rings. The highest BCUT2D eigenvalue weighted by molar-refractivity contribution is 6.31. The van der Waals surface area contributed by atoms with E-state index in [0.29, 0.717) is 6.92 Å². The van der Waals surface area contributed by atoms with Gasteiger partial charge in [-0.3, -0.25) is 4.79 Å². The third-order valence-corrected chi connectivity index (χ3v) is 2.40. The summed E-state index contributed by atoms with van der Waals surface area (Å²) in [6.07, 6.45) is 0. The summed E-state index contributed by atoms with van der Waals surface area (Å²) in [5, 5.41) is 8.51. The lowest BCUT2D eigenvalue weighted by Gasteiger charge is -2.19. The van der Waals surface area contributed by atoms with Crippen molar-refractivity contribution in [2.45, 2.75) is 18.9 Å². The van der Waals surface area contributed by atoms with Crippen LogP contribution in [-0.2, 0) is 10.7 Å². The molecule has 1 unspecified atom stereocenters. The predicted molar refractivity (Wildman–Crippen MR) is 55.6 cm³/mol. The van der Waals surface area contributed by atoms with Crippen LogP contribution in [0.15, 0.2) is 18.2 Å². The molecule has 1 aromatic carbocycles. The molecule has 0 amide bonds. The fourth-order valence-electron chi connectivity index (χ4n) is 1.40. The van der Waals surface area contributed by atoms with Crippen molar-refractivity contribution in [2.24, 2.45) is 5.73 Å². The third-order valence-electron chi connectivity index (χ3n) is 2.09. The number of halogens is 3. The van der Waals surface area contributed by atoms with Crippen LogP contribution >= 0.6 is 11.6 Å². The van der Waals surface area contributed by atoms with Crippen molar-refractivity contribution in [1.82, 2.24) is 0 Å². The van der Waals surface area contributed by atoms with Crippen LogP contribution in [0.25, 0.3) is 0 Å². The van der Waals surface area contributed by atoms with Crippen LogP contribution in [0.4, 0.5) is 8.78 Å². The molecule has 0 aromatic heterocycles. The summed E-state index contributed by atoms with van der Waals surface area (Å²) in [4.78, 5) is 10.7. The molecule has 0 heterocycles. The summed E-state index contributed by atoms with van der Waals surface area (Å²) in [5.74, 6) is -4.62. The van der Waals surface area contributed by atoms with Crippen molar-refractivity contribution in [3.63, 3.8) is 0 Å². The fraction of sp³-hybridized carbons (Fsp3) is 0.300. The summed E-state index contributed by atoms with van der Waals surface area (Å²) in [5.41, 5.74) is 4.60. The van der Waals surface area contributed by atoms with Gasteiger partial charge in [0.15, 0.2) is 0 Å². The second kappa shape index (κ2) is 4.35. The maximum Gasteiger partial charge on any atom is 0.325 e. The standard InChI is InChI=1S/C10H10ClF2NO2/c1-10(12,13)7-5(8(14)9(15)16)3-2-4-6(7)11/h2-4,8H,14H2,1H3,(H,15,16). The SMILES string of the molecule is CC(F)(F)c1c(Cl)cccc1C(N)C(=O)O. The maximum absolute atomic E-state index is 13.3. The molecular weight excluding hydrogens is 240 g/mol. The summed E-state index contributed by atoms with van der Waals surface area (Å²) in [7, 11) is 0. The normalized spacial score (nSPS) is 13.6. The first-order chi connectivity index (χ1) is 7.25. The van der Waals surface area contributed by atoms with Gasteiger partial charge in [-0.2, -0.15) is 0 Å². The highest BCUT2D eigenvalue weighted by Gasteiger charge is 2.33. The fourth-order valence-corrected chi connectivity index (χ4v) is 1.74. The minimum absolute atomic E-state index is 0.174. The van der Waals surface area contributed by atoms with Crippen molar-refractivity contribution >= 4 is 17.6 Å². The zero-order valence-electron chi connectivity index (χ0n) is 8.38. The molecule has 0 aliphatic heterocycles. The maximum atomic E-state index is 13.3. The lowest BCUT2D eigenvalue weighted by Crippen LogP contribution is -2.25. The van der Waals surface area contributed by atoms with Crippen molar-refractivity contribution in [1.29, 1.82) is 0 Å². The molecule has 0 aliphatic carbocycles. The molecule has 0 saturated carbocycles. The number of carbonyl (C=O) groups is 1. The zero-order valence-corrected chi connectivity index (χ0v) is 9.13. The molecule has 88 valence electrons. The Labute approximate surface area is 95.8 Å². The smallest absolute Gasteiger partial charge is 0.325 e. The van der Waals surface area contributed by atoms with Gasteiger partial charge < -0.3 is 10.8 Å². The first-order valence-electron chi connectivity index (χ1n) is 4.40. The number of carboxylic acids is 1. The number of benzene rings is 1. The van der Waals surface area contributed by atoms with Gasteiger partial charge in [-0.05, 0) is 11.6 Å². The van der Waals surface area contributed by atoms with Gasteiger partial charge >= 0.3 is 5.97 Å². The Balaban J connectivity index is 3.40. The summed E-state index contributed by atoms with van der Waals surface area (Å²) < 4.78 is 26.5. The largest absolute Gasteiger partial charge is 0.480 e. The molecule has 6 heteroatoms. The van der Waals surface area contributed by atoms with Crippen molar-refractivity contribution in [3.05, 3.63) is 34.3 Å². The number of alkyl halides is 2. The van der Waals surface area contributed by atoms with Crippen LogP contribution in [0.3, 0.4) is 0 Å². The van der Waals surface area contributed by atoms with E-state index in [2.05, 4.69) is 0 Å². The highest BCUT2D eigenvalue weighted by Crippen LogP contribution is 2.37. The van der Waals surface area contributed by atoms with Gasteiger partial charge in [-0.1, -0.05) is 23.7 Å². The molecular formula is C10H10ClF2NO2. The van der Waals surface area contributed by atoms with E-state index in [0.717, 1.165) is 0 Å². The van der Waals surface area contributed by atoms with Gasteiger partial charge in [-0.15, -0.1) is 0 Å². The van der Waals surface area contributed by atoms with E-state index in [-0.39, 0.29) is 10.6 Å². The molecule has 0 saturated heterocycles. The minimum atomic E-state index is -3.24. The predicted octanol–water partition coefficient (Wildman–Crippen LogP) is 2.54. The monoisotopic (exact) mass is 249 g/mol. The lowest BCUT2D eigenvalue weighted by molar-refractivity contribution is -0.138. The molecule has 3 nitrogen and oxygen atoms in total. The number of rotatable bonds is 3. The van der Waals surface area contributed by atoms with Crippen molar-refractivity contribution in [3.8, 4) is 0 Å². The average Bonchev–Trinajstić information content (AvgIpc) is 2.14. The lowest BCUT2D eigenvalue weighted by atomic mass is 9.97.